The summed E-state index contributed by atoms with van der Waals surface area (Å²) in [6, 6.07) is 4.73. The second kappa shape index (κ2) is 5.79. The molecule has 0 aliphatic heterocycles. The highest BCUT2D eigenvalue weighted by molar-refractivity contribution is 7.89. The van der Waals surface area contributed by atoms with Crippen molar-refractivity contribution >= 4 is 21.6 Å². The standard InChI is InChI=1S/C13H19ClN2O2S/c1-16(9-10-3-2-4-10)19(17,18)12-6-5-11(8-15)13(14)7-12/h5-7,10H,2-4,8-9,15H2,1H3. The normalized spacial score (nSPS) is 16.6. The number of nitrogens with two attached hydrogens (primary N) is 1. The van der Waals surface area contributed by atoms with Crippen LogP contribution in [-0.2, 0) is 16.6 Å². The first-order valence-electron chi connectivity index (χ1n) is 6.40. The van der Waals surface area contributed by atoms with E-state index < -0.39 is 10.0 Å². The van der Waals surface area contributed by atoms with Gasteiger partial charge in [-0.25, -0.2) is 12.7 Å². The lowest BCUT2D eigenvalue weighted by molar-refractivity contribution is 0.263. The summed E-state index contributed by atoms with van der Waals surface area (Å²) in [6.45, 7) is 0.885. The molecule has 4 nitrogen and oxygen atoms in total. The van der Waals surface area contributed by atoms with Crippen molar-refractivity contribution in [2.75, 3.05) is 13.6 Å². The molecule has 2 N–H and O–H groups in total. The molecule has 6 heteroatoms. The first-order valence-corrected chi connectivity index (χ1v) is 8.22. The molecular formula is C13H19ClN2O2S. The van der Waals surface area contributed by atoms with Crippen LogP contribution in [-0.4, -0.2) is 26.3 Å². The molecule has 0 heterocycles. The second-order valence-electron chi connectivity index (χ2n) is 5.04. The van der Waals surface area contributed by atoms with Gasteiger partial charge in [-0.3, -0.25) is 0 Å². The van der Waals surface area contributed by atoms with Gasteiger partial charge in [0.05, 0.1) is 4.90 Å². The third kappa shape index (κ3) is 3.11. The van der Waals surface area contributed by atoms with Crippen LogP contribution in [0, 0.1) is 5.92 Å². The van der Waals surface area contributed by atoms with E-state index in [0.29, 0.717) is 24.0 Å². The Morgan fingerprint density at radius 2 is 2.11 bits per heavy atom. The Labute approximate surface area is 119 Å². The first kappa shape index (κ1) is 14.8. The summed E-state index contributed by atoms with van der Waals surface area (Å²) in [5.41, 5.74) is 6.27. The summed E-state index contributed by atoms with van der Waals surface area (Å²) in [5, 5.41) is 0.403. The van der Waals surface area contributed by atoms with E-state index in [9.17, 15) is 8.42 Å². The van der Waals surface area contributed by atoms with E-state index in [4.69, 9.17) is 17.3 Å². The third-order valence-corrected chi connectivity index (χ3v) is 5.86. The van der Waals surface area contributed by atoms with Gasteiger partial charge in [-0.05, 0) is 36.5 Å². The molecule has 0 radical (unpaired) electrons. The number of hydrogen-bond donors (Lipinski definition) is 1. The van der Waals surface area contributed by atoms with Crippen molar-refractivity contribution in [3.63, 3.8) is 0 Å². The Hall–Kier alpha value is -0.620. The van der Waals surface area contributed by atoms with E-state index in [0.717, 1.165) is 18.4 Å². The van der Waals surface area contributed by atoms with Crippen LogP contribution in [0.5, 0.6) is 0 Å². The van der Waals surface area contributed by atoms with Crippen LogP contribution >= 0.6 is 11.6 Å². The van der Waals surface area contributed by atoms with Crippen molar-refractivity contribution in [3.8, 4) is 0 Å². The van der Waals surface area contributed by atoms with Gasteiger partial charge in [0.2, 0.25) is 10.0 Å². The van der Waals surface area contributed by atoms with Gasteiger partial charge in [-0.2, -0.15) is 0 Å². The maximum atomic E-state index is 12.4. The van der Waals surface area contributed by atoms with Crippen LogP contribution in [0.25, 0.3) is 0 Å². The zero-order valence-electron chi connectivity index (χ0n) is 11.0. The first-order chi connectivity index (χ1) is 8.95. The Kier molecular flexibility index (Phi) is 4.50. The molecule has 0 atom stereocenters. The lowest BCUT2D eigenvalue weighted by atomic mass is 9.86. The van der Waals surface area contributed by atoms with Gasteiger partial charge in [0.25, 0.3) is 0 Å². The molecule has 19 heavy (non-hydrogen) atoms. The van der Waals surface area contributed by atoms with Crippen molar-refractivity contribution in [2.45, 2.75) is 30.7 Å². The van der Waals surface area contributed by atoms with Gasteiger partial charge >= 0.3 is 0 Å². The lowest BCUT2D eigenvalue weighted by Crippen LogP contribution is -2.34. The highest BCUT2D eigenvalue weighted by atomic mass is 35.5. The number of hydrogen-bond acceptors (Lipinski definition) is 3. The van der Waals surface area contributed by atoms with Crippen molar-refractivity contribution in [2.24, 2.45) is 11.7 Å². The molecule has 1 aromatic rings. The second-order valence-corrected chi connectivity index (χ2v) is 7.49. The quantitative estimate of drug-likeness (QED) is 0.907. The van der Waals surface area contributed by atoms with Crippen LogP contribution in [0.4, 0.5) is 0 Å². The highest BCUT2D eigenvalue weighted by Gasteiger charge is 2.27. The number of benzene rings is 1. The summed E-state index contributed by atoms with van der Waals surface area (Å²) < 4.78 is 26.2. The molecule has 0 aromatic heterocycles. The molecule has 1 fully saturated rings. The van der Waals surface area contributed by atoms with E-state index in [2.05, 4.69) is 0 Å². The van der Waals surface area contributed by atoms with Gasteiger partial charge in [0.15, 0.2) is 0 Å². The third-order valence-electron chi connectivity index (χ3n) is 3.69. The van der Waals surface area contributed by atoms with Gasteiger partial charge in [0.1, 0.15) is 0 Å². The Balaban J connectivity index is 2.20. The molecule has 0 amide bonds. The minimum absolute atomic E-state index is 0.233. The van der Waals surface area contributed by atoms with E-state index in [1.165, 1.54) is 16.8 Å². The average molecular weight is 303 g/mol. The SMILES string of the molecule is CN(CC1CCC1)S(=O)(=O)c1ccc(CN)c(Cl)c1. The molecule has 1 saturated carbocycles. The molecule has 0 unspecified atom stereocenters. The van der Waals surface area contributed by atoms with Crippen LogP contribution in [0.1, 0.15) is 24.8 Å². The molecule has 1 aliphatic carbocycles. The Bertz CT molecular complexity index is 556. The van der Waals surface area contributed by atoms with Crippen molar-refractivity contribution in [3.05, 3.63) is 28.8 Å². The van der Waals surface area contributed by atoms with Gasteiger partial charge in [0, 0.05) is 25.2 Å². The van der Waals surface area contributed by atoms with Gasteiger partial charge in [-0.15, -0.1) is 0 Å². The molecule has 2 rings (SSSR count). The smallest absolute Gasteiger partial charge is 0.242 e. The molecule has 0 spiro atoms. The summed E-state index contributed by atoms with van der Waals surface area (Å²) >= 11 is 6.02. The molecule has 0 bridgehead atoms. The molecule has 106 valence electrons. The van der Waals surface area contributed by atoms with Crippen molar-refractivity contribution in [1.82, 2.24) is 4.31 Å². The van der Waals surface area contributed by atoms with Gasteiger partial charge in [-0.1, -0.05) is 24.1 Å². The number of rotatable bonds is 5. The van der Waals surface area contributed by atoms with Gasteiger partial charge < -0.3 is 5.73 Å². The molecule has 1 aromatic carbocycles. The Morgan fingerprint density at radius 1 is 1.42 bits per heavy atom. The summed E-state index contributed by atoms with van der Waals surface area (Å²) in [6.07, 6.45) is 3.44. The molecule has 1 aliphatic rings. The van der Waals surface area contributed by atoms with Crippen molar-refractivity contribution in [1.29, 1.82) is 0 Å². The van der Waals surface area contributed by atoms with E-state index in [1.54, 1.807) is 19.2 Å². The number of sulfonamides is 1. The lowest BCUT2D eigenvalue weighted by Gasteiger charge is -2.29. The summed E-state index contributed by atoms with van der Waals surface area (Å²) in [4.78, 5) is 0.233. The summed E-state index contributed by atoms with van der Waals surface area (Å²) in [7, 11) is -1.83. The zero-order chi connectivity index (χ0) is 14.0. The predicted octanol–water partition coefficient (Wildman–Crippen LogP) is 2.22. The van der Waals surface area contributed by atoms with E-state index in [-0.39, 0.29) is 4.90 Å². The minimum Gasteiger partial charge on any atom is -0.326 e. The summed E-state index contributed by atoms with van der Waals surface area (Å²) in [5.74, 6) is 0.499. The molecular weight excluding hydrogens is 284 g/mol. The largest absolute Gasteiger partial charge is 0.326 e. The van der Waals surface area contributed by atoms with E-state index >= 15 is 0 Å². The van der Waals surface area contributed by atoms with E-state index in [1.807, 2.05) is 0 Å². The maximum absolute atomic E-state index is 12.4. The topological polar surface area (TPSA) is 63.4 Å². The fourth-order valence-corrected chi connectivity index (χ4v) is 3.77. The number of nitrogens with zero attached hydrogens (tertiary/aromatic N) is 1. The van der Waals surface area contributed by atoms with Crippen LogP contribution < -0.4 is 5.73 Å². The molecule has 0 saturated heterocycles. The maximum Gasteiger partial charge on any atom is 0.242 e. The van der Waals surface area contributed by atoms with Crippen LogP contribution in [0.15, 0.2) is 23.1 Å². The number of halogens is 1. The minimum atomic E-state index is -3.45. The zero-order valence-corrected chi connectivity index (χ0v) is 12.5. The Morgan fingerprint density at radius 3 is 2.58 bits per heavy atom. The highest BCUT2D eigenvalue weighted by Crippen LogP contribution is 2.29. The van der Waals surface area contributed by atoms with Crippen molar-refractivity contribution < 1.29 is 8.42 Å². The fourth-order valence-electron chi connectivity index (χ4n) is 2.17. The fraction of sp³-hybridized carbons (Fsp3) is 0.538. The average Bonchev–Trinajstić information content (AvgIpc) is 2.33. The van der Waals surface area contributed by atoms with Crippen LogP contribution in [0.3, 0.4) is 0 Å². The van der Waals surface area contributed by atoms with Crippen LogP contribution in [0.2, 0.25) is 5.02 Å². The predicted molar refractivity (Wildman–Crippen MR) is 76.5 cm³/mol. The monoisotopic (exact) mass is 302 g/mol.